The standard InChI is InChI=1S/C17H21N3O2S/c1-11-18-14-5-4-12(8-15(14)23-11)19-16(21)20-13-9-17(22-10-13)6-2-3-7-17/h4-5,8,13H,2-3,6-7,9-10H2,1H3,(H2,19,20,21). The Kier molecular flexibility index (Phi) is 3.73. The highest BCUT2D eigenvalue weighted by molar-refractivity contribution is 7.18. The number of carbonyl (C=O) groups is 1. The average molecular weight is 331 g/mol. The number of carbonyl (C=O) groups excluding carboxylic acids is 1. The molecule has 1 saturated heterocycles. The van der Waals surface area contributed by atoms with E-state index in [0.29, 0.717) is 6.61 Å². The van der Waals surface area contributed by atoms with E-state index < -0.39 is 0 Å². The molecule has 1 spiro atoms. The monoisotopic (exact) mass is 331 g/mol. The van der Waals surface area contributed by atoms with E-state index in [0.717, 1.165) is 40.2 Å². The summed E-state index contributed by atoms with van der Waals surface area (Å²) in [5, 5.41) is 7.00. The summed E-state index contributed by atoms with van der Waals surface area (Å²) < 4.78 is 7.07. The highest BCUT2D eigenvalue weighted by atomic mass is 32.1. The summed E-state index contributed by atoms with van der Waals surface area (Å²) in [6.07, 6.45) is 5.69. The van der Waals surface area contributed by atoms with E-state index in [1.165, 1.54) is 12.8 Å². The minimum atomic E-state index is -0.158. The van der Waals surface area contributed by atoms with Crippen molar-refractivity contribution in [2.75, 3.05) is 11.9 Å². The zero-order valence-electron chi connectivity index (χ0n) is 13.2. The smallest absolute Gasteiger partial charge is 0.319 e. The maximum Gasteiger partial charge on any atom is 0.319 e. The molecule has 2 fully saturated rings. The zero-order valence-corrected chi connectivity index (χ0v) is 14.0. The maximum absolute atomic E-state index is 12.2. The largest absolute Gasteiger partial charge is 0.373 e. The molecule has 2 N–H and O–H groups in total. The number of benzene rings is 1. The van der Waals surface area contributed by atoms with Gasteiger partial charge in [-0.2, -0.15) is 0 Å². The molecule has 4 rings (SSSR count). The first kappa shape index (κ1) is 14.9. The van der Waals surface area contributed by atoms with Crippen molar-refractivity contribution in [3.05, 3.63) is 23.2 Å². The number of amides is 2. The lowest BCUT2D eigenvalue weighted by Crippen LogP contribution is -2.39. The highest BCUT2D eigenvalue weighted by Gasteiger charge is 2.42. The number of aromatic nitrogens is 1. The summed E-state index contributed by atoms with van der Waals surface area (Å²) in [7, 11) is 0. The van der Waals surface area contributed by atoms with Gasteiger partial charge in [0.15, 0.2) is 0 Å². The molecular formula is C17H21N3O2S. The van der Waals surface area contributed by atoms with E-state index in [1.807, 2.05) is 25.1 Å². The van der Waals surface area contributed by atoms with Crippen LogP contribution in [0.3, 0.4) is 0 Å². The number of rotatable bonds is 2. The lowest BCUT2D eigenvalue weighted by atomic mass is 9.96. The highest BCUT2D eigenvalue weighted by Crippen LogP contribution is 2.40. The minimum absolute atomic E-state index is 0.0387. The number of nitrogens with zero attached hydrogens (tertiary/aromatic N) is 1. The molecule has 1 aromatic heterocycles. The van der Waals surface area contributed by atoms with Gasteiger partial charge in [0, 0.05) is 5.69 Å². The van der Waals surface area contributed by atoms with Crippen LogP contribution < -0.4 is 10.6 Å². The van der Waals surface area contributed by atoms with Crippen molar-refractivity contribution in [3.8, 4) is 0 Å². The molecule has 6 heteroatoms. The fourth-order valence-electron chi connectivity index (χ4n) is 3.77. The number of urea groups is 1. The Hall–Kier alpha value is -1.66. The second-order valence-electron chi connectivity index (χ2n) is 6.62. The summed E-state index contributed by atoms with van der Waals surface area (Å²) in [4.78, 5) is 16.7. The normalized spacial score (nSPS) is 22.7. The number of hydrogen-bond donors (Lipinski definition) is 2. The van der Waals surface area contributed by atoms with Gasteiger partial charge in [0.25, 0.3) is 0 Å². The molecule has 122 valence electrons. The molecule has 1 saturated carbocycles. The van der Waals surface area contributed by atoms with Crippen LogP contribution in [0.1, 0.15) is 37.1 Å². The average Bonchev–Trinajstić information content (AvgIpc) is 3.20. The fourth-order valence-corrected chi connectivity index (χ4v) is 4.64. The molecule has 5 nitrogen and oxygen atoms in total. The van der Waals surface area contributed by atoms with Crippen molar-refractivity contribution >= 4 is 33.3 Å². The number of fused-ring (bicyclic) bond motifs is 1. The van der Waals surface area contributed by atoms with E-state index in [-0.39, 0.29) is 17.7 Å². The number of anilines is 1. The SMILES string of the molecule is Cc1nc2ccc(NC(=O)NC3COC4(CCCC4)C3)cc2s1. The topological polar surface area (TPSA) is 63.2 Å². The Morgan fingerprint density at radius 1 is 1.39 bits per heavy atom. The molecule has 1 aromatic carbocycles. The van der Waals surface area contributed by atoms with Gasteiger partial charge in [-0.1, -0.05) is 12.8 Å². The third-order valence-corrected chi connectivity index (χ3v) is 5.75. The van der Waals surface area contributed by atoms with Gasteiger partial charge < -0.3 is 15.4 Å². The third kappa shape index (κ3) is 3.05. The van der Waals surface area contributed by atoms with Crippen LogP contribution in [0.15, 0.2) is 18.2 Å². The summed E-state index contributed by atoms with van der Waals surface area (Å²) in [5.41, 5.74) is 1.82. The van der Waals surface area contributed by atoms with Gasteiger partial charge in [-0.15, -0.1) is 11.3 Å². The lowest BCUT2D eigenvalue weighted by molar-refractivity contribution is 0.00998. The van der Waals surface area contributed by atoms with Crippen molar-refractivity contribution < 1.29 is 9.53 Å². The predicted molar refractivity (Wildman–Crippen MR) is 92.1 cm³/mol. The number of ether oxygens (including phenoxy) is 1. The Labute approximate surface area is 139 Å². The first-order chi connectivity index (χ1) is 11.1. The third-order valence-electron chi connectivity index (χ3n) is 4.81. The van der Waals surface area contributed by atoms with Crippen LogP contribution in [0.4, 0.5) is 10.5 Å². The molecule has 2 amide bonds. The van der Waals surface area contributed by atoms with E-state index in [4.69, 9.17) is 4.74 Å². The summed E-state index contributed by atoms with van der Waals surface area (Å²) in [6.45, 7) is 2.62. The fraction of sp³-hybridized carbons (Fsp3) is 0.529. The van der Waals surface area contributed by atoms with Crippen molar-refractivity contribution in [1.82, 2.24) is 10.3 Å². The second-order valence-corrected chi connectivity index (χ2v) is 7.85. The Bertz CT molecular complexity index is 737. The van der Waals surface area contributed by atoms with Gasteiger partial charge in [-0.25, -0.2) is 9.78 Å². The van der Waals surface area contributed by atoms with Crippen molar-refractivity contribution in [2.45, 2.75) is 50.7 Å². The first-order valence-corrected chi connectivity index (χ1v) is 9.02. The van der Waals surface area contributed by atoms with Gasteiger partial charge in [0.1, 0.15) is 0 Å². The van der Waals surface area contributed by atoms with Crippen LogP contribution in [-0.2, 0) is 4.74 Å². The lowest BCUT2D eigenvalue weighted by Gasteiger charge is -2.21. The Morgan fingerprint density at radius 3 is 3.04 bits per heavy atom. The van der Waals surface area contributed by atoms with Gasteiger partial charge in [0.05, 0.1) is 33.5 Å². The molecule has 1 atom stereocenters. The molecule has 2 heterocycles. The molecular weight excluding hydrogens is 310 g/mol. The number of nitrogens with one attached hydrogen (secondary N) is 2. The van der Waals surface area contributed by atoms with Crippen molar-refractivity contribution in [2.24, 2.45) is 0 Å². The van der Waals surface area contributed by atoms with Gasteiger partial charge in [0.2, 0.25) is 0 Å². The van der Waals surface area contributed by atoms with Crippen LogP contribution >= 0.6 is 11.3 Å². The summed E-state index contributed by atoms with van der Waals surface area (Å²) in [5.74, 6) is 0. The summed E-state index contributed by atoms with van der Waals surface area (Å²) in [6, 6.07) is 5.77. The Balaban J connectivity index is 1.37. The van der Waals surface area contributed by atoms with Gasteiger partial charge in [-0.3, -0.25) is 0 Å². The van der Waals surface area contributed by atoms with E-state index in [1.54, 1.807) is 11.3 Å². The molecule has 1 aliphatic carbocycles. The molecule has 1 unspecified atom stereocenters. The summed E-state index contributed by atoms with van der Waals surface area (Å²) >= 11 is 1.64. The zero-order chi connectivity index (χ0) is 15.9. The van der Waals surface area contributed by atoms with Crippen LogP contribution in [0, 0.1) is 6.92 Å². The number of hydrogen-bond acceptors (Lipinski definition) is 4. The van der Waals surface area contributed by atoms with E-state index in [2.05, 4.69) is 15.6 Å². The van der Waals surface area contributed by atoms with Gasteiger partial charge >= 0.3 is 6.03 Å². The van der Waals surface area contributed by atoms with E-state index in [9.17, 15) is 4.79 Å². The molecule has 2 aliphatic rings. The van der Waals surface area contributed by atoms with Gasteiger partial charge in [-0.05, 0) is 44.4 Å². The number of aryl methyl sites for hydroxylation is 1. The molecule has 0 bridgehead atoms. The maximum atomic E-state index is 12.2. The Morgan fingerprint density at radius 2 is 2.22 bits per heavy atom. The second kappa shape index (κ2) is 5.76. The van der Waals surface area contributed by atoms with Crippen LogP contribution in [-0.4, -0.2) is 29.3 Å². The molecule has 23 heavy (non-hydrogen) atoms. The van der Waals surface area contributed by atoms with Crippen LogP contribution in [0.25, 0.3) is 10.2 Å². The molecule has 1 aliphatic heterocycles. The van der Waals surface area contributed by atoms with E-state index >= 15 is 0 Å². The minimum Gasteiger partial charge on any atom is -0.373 e. The van der Waals surface area contributed by atoms with Crippen molar-refractivity contribution in [1.29, 1.82) is 0 Å². The predicted octanol–water partition coefficient (Wildman–Crippen LogP) is 3.83. The van der Waals surface area contributed by atoms with Crippen LogP contribution in [0.5, 0.6) is 0 Å². The number of thiazole rings is 1. The molecule has 2 aromatic rings. The molecule has 0 radical (unpaired) electrons. The van der Waals surface area contributed by atoms with Crippen LogP contribution in [0.2, 0.25) is 0 Å². The quantitative estimate of drug-likeness (QED) is 0.879. The van der Waals surface area contributed by atoms with Crippen molar-refractivity contribution in [3.63, 3.8) is 0 Å². The first-order valence-electron chi connectivity index (χ1n) is 8.21.